The van der Waals surface area contributed by atoms with Crippen molar-refractivity contribution in [2.24, 2.45) is 18.9 Å². The highest BCUT2D eigenvalue weighted by Gasteiger charge is 2.62. The van der Waals surface area contributed by atoms with Crippen molar-refractivity contribution in [3.8, 4) is 29.4 Å². The molecule has 9 heteroatoms. The molecule has 6 rings (SSSR count). The molecule has 1 saturated carbocycles. The topological polar surface area (TPSA) is 89.3 Å². The van der Waals surface area contributed by atoms with Gasteiger partial charge >= 0.3 is 5.97 Å². The van der Waals surface area contributed by atoms with Gasteiger partial charge in [-0.2, -0.15) is 5.10 Å². The van der Waals surface area contributed by atoms with Crippen LogP contribution in [0.5, 0.6) is 5.75 Å². The number of aromatic nitrogens is 3. The van der Waals surface area contributed by atoms with Crippen LogP contribution in [0.15, 0.2) is 30.5 Å². The summed E-state index contributed by atoms with van der Waals surface area (Å²) < 4.78 is 36.9. The quantitative estimate of drug-likeness (QED) is 0.350. The number of carbonyl (C=O) groups is 1. The number of terminal acetylenes is 1. The van der Waals surface area contributed by atoms with Crippen LogP contribution >= 0.6 is 0 Å². The van der Waals surface area contributed by atoms with Crippen LogP contribution in [0.1, 0.15) is 17.2 Å². The van der Waals surface area contributed by atoms with Crippen LogP contribution in [0.25, 0.3) is 32.9 Å². The lowest BCUT2D eigenvalue weighted by Gasteiger charge is -2.13. The first-order valence-electron chi connectivity index (χ1n) is 11.1. The van der Waals surface area contributed by atoms with Crippen LogP contribution in [0.4, 0.5) is 8.78 Å². The Hall–Kier alpha value is -4.03. The van der Waals surface area contributed by atoms with E-state index >= 15 is 4.39 Å². The van der Waals surface area contributed by atoms with Crippen molar-refractivity contribution < 1.29 is 23.4 Å². The Balaban J connectivity index is 1.52. The third kappa shape index (κ3) is 2.96. The molecular formula is C26H20F2N4O3. The first-order chi connectivity index (χ1) is 16.8. The summed E-state index contributed by atoms with van der Waals surface area (Å²) in [6, 6.07) is 5.04. The third-order valence-electron chi connectivity index (χ3n) is 7.26. The molecule has 4 aromatic rings. The minimum Gasteiger partial charge on any atom is -0.508 e. The lowest BCUT2D eigenvalue weighted by molar-refractivity contribution is -0.143. The van der Waals surface area contributed by atoms with E-state index < -0.39 is 17.7 Å². The second-order valence-corrected chi connectivity index (χ2v) is 9.03. The molecule has 0 bridgehead atoms. The van der Waals surface area contributed by atoms with Gasteiger partial charge in [-0.1, -0.05) is 12.0 Å². The van der Waals surface area contributed by atoms with E-state index in [0.717, 1.165) is 0 Å². The SMILES string of the molecule is C#Cc1c(F)ccc2cc(O)cc(-c3ncc4c(C5C6CNC(C(=O)OC)C65)nn(C)c4c3F)c12. The van der Waals surface area contributed by atoms with E-state index in [1.807, 2.05) is 0 Å². The van der Waals surface area contributed by atoms with E-state index in [9.17, 15) is 14.3 Å². The molecule has 2 aromatic carbocycles. The number of nitrogens with one attached hydrogen (secondary N) is 1. The van der Waals surface area contributed by atoms with Crippen molar-refractivity contribution in [1.29, 1.82) is 0 Å². The van der Waals surface area contributed by atoms with Crippen LogP contribution in [0.3, 0.4) is 0 Å². The van der Waals surface area contributed by atoms with Crippen molar-refractivity contribution in [1.82, 2.24) is 20.1 Å². The summed E-state index contributed by atoms with van der Waals surface area (Å²) in [5.41, 5.74) is 0.999. The highest BCUT2D eigenvalue weighted by Crippen LogP contribution is 2.59. The van der Waals surface area contributed by atoms with Gasteiger partial charge in [0, 0.05) is 35.5 Å². The zero-order valence-corrected chi connectivity index (χ0v) is 18.8. The minimum atomic E-state index is -0.656. The number of pyridine rings is 1. The van der Waals surface area contributed by atoms with Crippen LogP contribution in [0, 0.1) is 35.8 Å². The Bertz CT molecular complexity index is 1610. The van der Waals surface area contributed by atoms with Gasteiger partial charge in [-0.25, -0.2) is 8.78 Å². The number of ether oxygens (including phenoxy) is 1. The standard InChI is InChI=1S/C26H20F2N4O3/c1-4-13-17(27)6-5-11-7-12(33)8-14(18(11)13)23-21(28)25-16(10-29-23)22(31-32(25)2)19-15-9-30-24(20(15)19)26(34)35-3/h1,5-8,10,15,19-20,24,30,33H,9H2,2-3H3. The van der Waals surface area contributed by atoms with Crippen molar-refractivity contribution in [2.75, 3.05) is 13.7 Å². The zero-order valence-electron chi connectivity index (χ0n) is 18.8. The highest BCUT2D eigenvalue weighted by molar-refractivity contribution is 6.02. The molecule has 7 nitrogen and oxygen atoms in total. The molecule has 2 aliphatic rings. The number of aromatic hydroxyl groups is 1. The summed E-state index contributed by atoms with van der Waals surface area (Å²) in [6.45, 7) is 0.650. The molecule has 1 aliphatic carbocycles. The lowest BCUT2D eigenvalue weighted by atomic mass is 9.95. The average Bonchev–Trinajstić information content (AvgIpc) is 3.19. The number of fused-ring (bicyclic) bond motifs is 3. The van der Waals surface area contributed by atoms with Gasteiger partial charge in [0.2, 0.25) is 0 Å². The molecule has 0 spiro atoms. The molecule has 0 amide bonds. The van der Waals surface area contributed by atoms with E-state index in [-0.39, 0.29) is 51.8 Å². The maximum Gasteiger partial charge on any atom is 0.323 e. The van der Waals surface area contributed by atoms with Crippen molar-refractivity contribution in [3.05, 3.63) is 53.4 Å². The summed E-state index contributed by atoms with van der Waals surface area (Å²) in [5.74, 6) is 0.833. The second-order valence-electron chi connectivity index (χ2n) is 9.03. The molecule has 2 fully saturated rings. The number of phenolic OH excluding ortho intramolecular Hbond substituents is 1. The highest BCUT2D eigenvalue weighted by atomic mass is 19.1. The maximum absolute atomic E-state index is 16.0. The van der Waals surface area contributed by atoms with Gasteiger partial charge in [0.25, 0.3) is 0 Å². The van der Waals surface area contributed by atoms with Crippen LogP contribution in [0.2, 0.25) is 0 Å². The first kappa shape index (κ1) is 21.5. The molecular weight excluding hydrogens is 454 g/mol. The zero-order chi connectivity index (χ0) is 24.6. The number of rotatable bonds is 3. The molecule has 1 saturated heterocycles. The molecule has 3 heterocycles. The van der Waals surface area contributed by atoms with Gasteiger partial charge in [-0.15, -0.1) is 6.42 Å². The summed E-state index contributed by atoms with van der Waals surface area (Å²) >= 11 is 0. The first-order valence-corrected chi connectivity index (χ1v) is 11.1. The summed E-state index contributed by atoms with van der Waals surface area (Å²) in [4.78, 5) is 16.5. The summed E-state index contributed by atoms with van der Waals surface area (Å²) in [6.07, 6.45) is 7.10. The fourth-order valence-electron chi connectivity index (χ4n) is 5.70. The Kier molecular flexibility index (Phi) is 4.60. The molecule has 176 valence electrons. The van der Waals surface area contributed by atoms with Gasteiger partial charge in [-0.05, 0) is 42.0 Å². The molecule has 4 unspecified atom stereocenters. The third-order valence-corrected chi connectivity index (χ3v) is 7.26. The van der Waals surface area contributed by atoms with Crippen molar-refractivity contribution >= 4 is 27.6 Å². The fourth-order valence-corrected chi connectivity index (χ4v) is 5.70. The van der Waals surface area contributed by atoms with Gasteiger partial charge < -0.3 is 15.2 Å². The Morgan fingerprint density at radius 1 is 1.34 bits per heavy atom. The number of esters is 1. The minimum absolute atomic E-state index is 0.0140. The molecule has 2 N–H and O–H groups in total. The Labute approximate surface area is 198 Å². The molecule has 0 radical (unpaired) electrons. The lowest BCUT2D eigenvalue weighted by Crippen LogP contribution is -2.36. The number of phenols is 1. The molecule has 1 aliphatic heterocycles. The number of methoxy groups -OCH3 is 1. The van der Waals surface area contributed by atoms with E-state index in [0.29, 0.717) is 28.4 Å². The number of nitrogens with zero attached hydrogens (tertiary/aromatic N) is 3. The number of benzene rings is 2. The number of aryl methyl sites for hydroxylation is 1. The maximum atomic E-state index is 16.0. The number of carbonyl (C=O) groups excluding carboxylic acids is 1. The number of hydrogen-bond acceptors (Lipinski definition) is 6. The molecule has 4 atom stereocenters. The van der Waals surface area contributed by atoms with Gasteiger partial charge in [0.15, 0.2) is 5.82 Å². The van der Waals surface area contributed by atoms with E-state index in [1.165, 1.54) is 42.3 Å². The molecule has 2 aromatic heterocycles. The van der Waals surface area contributed by atoms with Gasteiger partial charge in [0.1, 0.15) is 28.8 Å². The van der Waals surface area contributed by atoms with Gasteiger partial charge in [0.05, 0.1) is 18.4 Å². The number of halogens is 2. The van der Waals surface area contributed by atoms with Crippen LogP contribution < -0.4 is 5.32 Å². The monoisotopic (exact) mass is 474 g/mol. The predicted molar refractivity (Wildman–Crippen MR) is 124 cm³/mol. The van der Waals surface area contributed by atoms with Gasteiger partial charge in [-0.3, -0.25) is 14.5 Å². The largest absolute Gasteiger partial charge is 0.508 e. The smallest absolute Gasteiger partial charge is 0.323 e. The Morgan fingerprint density at radius 2 is 2.14 bits per heavy atom. The van der Waals surface area contributed by atoms with Crippen LogP contribution in [-0.2, 0) is 16.6 Å². The Morgan fingerprint density at radius 3 is 2.89 bits per heavy atom. The van der Waals surface area contributed by atoms with Crippen molar-refractivity contribution in [2.45, 2.75) is 12.0 Å². The summed E-state index contributed by atoms with van der Waals surface area (Å²) in [5, 5.41) is 19.3. The van der Waals surface area contributed by atoms with E-state index in [4.69, 9.17) is 11.2 Å². The van der Waals surface area contributed by atoms with E-state index in [1.54, 1.807) is 7.05 Å². The number of hydrogen-bond donors (Lipinski definition) is 2. The second kappa shape index (κ2) is 7.48. The van der Waals surface area contributed by atoms with Crippen LogP contribution in [-0.4, -0.2) is 45.5 Å². The number of piperidine rings is 1. The van der Waals surface area contributed by atoms with E-state index in [2.05, 4.69) is 21.3 Å². The predicted octanol–water partition coefficient (Wildman–Crippen LogP) is 3.23. The normalized spacial score (nSPS) is 22.8. The van der Waals surface area contributed by atoms with Crippen molar-refractivity contribution in [3.63, 3.8) is 0 Å². The molecule has 35 heavy (non-hydrogen) atoms. The fraction of sp³-hybridized carbons (Fsp3) is 0.269. The summed E-state index contributed by atoms with van der Waals surface area (Å²) in [7, 11) is 2.99. The average molecular weight is 474 g/mol.